The molecule has 1 aromatic heterocycles. The Balaban J connectivity index is 1.47. The zero-order valence-electron chi connectivity index (χ0n) is 20.8. The largest absolute Gasteiger partial charge is 0.494 e. The van der Waals surface area contributed by atoms with Gasteiger partial charge in [-0.25, -0.2) is 8.78 Å². The van der Waals surface area contributed by atoms with E-state index in [1.165, 1.54) is 31.1 Å². The third kappa shape index (κ3) is 5.60. The number of hydrazone groups is 2. The number of carbonyl (C=O) groups excluding carboxylic acids is 1. The second-order valence-corrected chi connectivity index (χ2v) is 9.84. The Morgan fingerprint density at radius 1 is 1.24 bits per heavy atom. The summed E-state index contributed by atoms with van der Waals surface area (Å²) in [5.74, 6) is 6.98. The molecular formula is C25H25F2N7O3S. The number of nitrogens with zero attached hydrogens (tertiary/aromatic N) is 4. The molecule has 0 radical (unpaired) electrons. The fourth-order valence-corrected chi connectivity index (χ4v) is 4.48. The number of methoxy groups -OCH3 is 1. The maximum Gasteiger partial charge on any atom is 0.280 e. The number of nitrogens with one attached hydrogen (secondary N) is 3. The Hall–Kier alpha value is -4.05. The van der Waals surface area contributed by atoms with Gasteiger partial charge in [-0.3, -0.25) is 25.9 Å². The van der Waals surface area contributed by atoms with Gasteiger partial charge in [0.05, 0.1) is 13.3 Å². The maximum absolute atomic E-state index is 13.6. The lowest BCUT2D eigenvalue weighted by atomic mass is 9.97. The molecular weight excluding hydrogens is 516 g/mol. The van der Waals surface area contributed by atoms with Gasteiger partial charge >= 0.3 is 0 Å². The first-order chi connectivity index (χ1) is 18.3. The van der Waals surface area contributed by atoms with Crippen LogP contribution in [0.4, 0.5) is 14.5 Å². The van der Waals surface area contributed by atoms with Crippen LogP contribution < -0.4 is 25.8 Å². The molecule has 2 aliphatic heterocycles. The monoisotopic (exact) mass is 541 g/mol. The molecule has 1 saturated carbocycles. The summed E-state index contributed by atoms with van der Waals surface area (Å²) < 4.78 is 38.2. The average Bonchev–Trinajstić information content (AvgIpc) is 3.48. The van der Waals surface area contributed by atoms with Crippen LogP contribution in [-0.4, -0.2) is 47.8 Å². The molecule has 198 valence electrons. The first kappa shape index (κ1) is 25.6. The number of pyridine rings is 1. The van der Waals surface area contributed by atoms with Gasteiger partial charge in [-0.1, -0.05) is 11.8 Å². The number of aromatic nitrogens is 1. The number of alkyl halides is 2. The normalized spacial score (nSPS) is 19.8. The number of thioether (sulfide) groups is 1. The van der Waals surface area contributed by atoms with Gasteiger partial charge in [0.25, 0.3) is 18.7 Å². The second-order valence-electron chi connectivity index (χ2n) is 8.74. The third-order valence-corrected chi connectivity index (χ3v) is 6.85. The van der Waals surface area contributed by atoms with Crippen molar-refractivity contribution in [1.82, 2.24) is 21.2 Å². The molecule has 13 heteroatoms. The summed E-state index contributed by atoms with van der Waals surface area (Å²) in [7, 11) is 3.18. The molecule has 0 spiro atoms. The van der Waals surface area contributed by atoms with E-state index in [0.717, 1.165) is 12.8 Å². The number of amides is 1. The van der Waals surface area contributed by atoms with E-state index < -0.39 is 24.4 Å². The quantitative estimate of drug-likeness (QED) is 0.477. The molecule has 2 unspecified atom stereocenters. The van der Waals surface area contributed by atoms with E-state index in [2.05, 4.69) is 43.2 Å². The van der Waals surface area contributed by atoms with E-state index in [0.29, 0.717) is 33.8 Å². The summed E-state index contributed by atoms with van der Waals surface area (Å²) in [5.41, 5.74) is 6.86. The smallest absolute Gasteiger partial charge is 0.280 e. The van der Waals surface area contributed by atoms with Crippen LogP contribution in [-0.2, 0) is 4.74 Å². The topological polar surface area (TPSA) is 112 Å². The number of rotatable bonds is 6. The predicted octanol–water partition coefficient (Wildman–Crippen LogP) is 3.44. The summed E-state index contributed by atoms with van der Waals surface area (Å²) in [6, 6.07) is 6.26. The average molecular weight is 542 g/mol. The van der Waals surface area contributed by atoms with Gasteiger partial charge in [0, 0.05) is 42.3 Å². The minimum Gasteiger partial charge on any atom is -0.494 e. The molecule has 0 bridgehead atoms. The van der Waals surface area contributed by atoms with E-state index in [9.17, 15) is 13.6 Å². The number of hydrogen-bond acceptors (Lipinski definition) is 10. The van der Waals surface area contributed by atoms with Crippen molar-refractivity contribution in [3.63, 3.8) is 0 Å². The Kier molecular flexibility index (Phi) is 7.24. The molecule has 1 fully saturated rings. The number of carbonyl (C=O) groups is 1. The lowest BCUT2D eigenvalue weighted by Gasteiger charge is -2.26. The Morgan fingerprint density at radius 3 is 2.74 bits per heavy atom. The van der Waals surface area contributed by atoms with Gasteiger partial charge in [-0.15, -0.1) is 5.10 Å². The zero-order chi connectivity index (χ0) is 26.8. The van der Waals surface area contributed by atoms with Crippen LogP contribution in [0, 0.1) is 17.8 Å². The van der Waals surface area contributed by atoms with Crippen molar-refractivity contribution in [2.24, 2.45) is 16.1 Å². The van der Waals surface area contributed by atoms with E-state index >= 15 is 0 Å². The molecule has 3 N–H and O–H groups in total. The van der Waals surface area contributed by atoms with Gasteiger partial charge < -0.3 is 14.4 Å². The van der Waals surface area contributed by atoms with Crippen molar-refractivity contribution in [2.75, 3.05) is 19.1 Å². The fraction of sp³-hybridized carbons (Fsp3) is 0.360. The Labute approximate surface area is 222 Å². The molecule has 2 atom stereocenters. The van der Waals surface area contributed by atoms with Crippen molar-refractivity contribution < 1.29 is 23.0 Å². The fourth-order valence-electron chi connectivity index (χ4n) is 3.77. The zero-order valence-corrected chi connectivity index (χ0v) is 21.6. The van der Waals surface area contributed by atoms with Gasteiger partial charge in [0.1, 0.15) is 11.4 Å². The molecule has 3 heterocycles. The summed E-state index contributed by atoms with van der Waals surface area (Å²) in [5, 5.41) is 11.1. The maximum atomic E-state index is 13.6. The molecule has 38 heavy (non-hydrogen) atoms. The highest BCUT2D eigenvalue weighted by molar-refractivity contribution is 8.14. The van der Waals surface area contributed by atoms with Crippen molar-refractivity contribution in [1.29, 1.82) is 0 Å². The molecule has 3 aliphatic rings. The van der Waals surface area contributed by atoms with Crippen LogP contribution in [0.25, 0.3) is 11.1 Å². The SMILES string of the molecule is COc1cnc(C(F)F)cc1-c1cc(N(C)C2NN=C(C)O2)ccc1C(=O)NC1=NNC(C#CC2CC2)S1. The van der Waals surface area contributed by atoms with Crippen LogP contribution in [0.15, 0.2) is 40.7 Å². The molecule has 2 aromatic rings. The molecule has 1 amide bonds. The number of anilines is 1. The van der Waals surface area contributed by atoms with Crippen LogP contribution in [0.1, 0.15) is 42.2 Å². The number of ether oxygens (including phenoxy) is 2. The Morgan fingerprint density at radius 2 is 2.05 bits per heavy atom. The summed E-state index contributed by atoms with van der Waals surface area (Å²) in [6.45, 7) is 1.72. The van der Waals surface area contributed by atoms with Gasteiger partial charge in [0.2, 0.25) is 5.90 Å². The van der Waals surface area contributed by atoms with E-state index in [4.69, 9.17) is 9.47 Å². The van der Waals surface area contributed by atoms with Gasteiger partial charge in [-0.05, 0) is 48.9 Å². The van der Waals surface area contributed by atoms with Gasteiger partial charge in [0.15, 0.2) is 10.5 Å². The Bertz CT molecular complexity index is 1370. The molecule has 1 aliphatic carbocycles. The van der Waals surface area contributed by atoms with Crippen molar-refractivity contribution in [3.05, 3.63) is 41.7 Å². The van der Waals surface area contributed by atoms with Crippen molar-refractivity contribution in [3.8, 4) is 28.7 Å². The molecule has 0 saturated heterocycles. The van der Waals surface area contributed by atoms with E-state index in [1.807, 2.05) is 0 Å². The highest BCUT2D eigenvalue weighted by atomic mass is 32.2. The number of benzene rings is 1. The number of amidine groups is 1. The first-order valence-electron chi connectivity index (χ1n) is 11.8. The van der Waals surface area contributed by atoms with E-state index in [1.54, 1.807) is 37.1 Å². The second kappa shape index (κ2) is 10.7. The van der Waals surface area contributed by atoms with Crippen molar-refractivity contribution >= 4 is 34.4 Å². The minimum absolute atomic E-state index is 0.232. The van der Waals surface area contributed by atoms with Gasteiger partial charge in [-0.2, -0.15) is 5.10 Å². The van der Waals surface area contributed by atoms with Crippen LogP contribution in [0.3, 0.4) is 0 Å². The molecule has 5 rings (SSSR count). The predicted molar refractivity (Wildman–Crippen MR) is 141 cm³/mol. The highest BCUT2D eigenvalue weighted by Crippen LogP contribution is 2.37. The summed E-state index contributed by atoms with van der Waals surface area (Å²) >= 11 is 1.30. The lowest BCUT2D eigenvalue weighted by molar-refractivity contribution is 0.0978. The standard InChI is InChI=1S/C25H25F2N7O3S/c1-13-30-33-25(37-13)34(2)15-7-8-16(17(10-15)18-11-19(22(26)27)28-12-20(18)36-3)23(35)29-24-32-31-21(38-24)9-6-14-4-5-14/h7-8,10-12,14,21-22,25,31,33H,4-5H2,1-3H3,(H,29,32,35). The van der Waals surface area contributed by atoms with Crippen LogP contribution >= 0.6 is 11.8 Å². The van der Waals surface area contributed by atoms with E-state index in [-0.39, 0.29) is 16.7 Å². The summed E-state index contributed by atoms with van der Waals surface area (Å²) in [6.07, 6.45) is 0.0665. The highest BCUT2D eigenvalue weighted by Gasteiger charge is 2.27. The molecule has 1 aromatic carbocycles. The number of halogens is 2. The lowest BCUT2D eigenvalue weighted by Crippen LogP contribution is -2.40. The summed E-state index contributed by atoms with van der Waals surface area (Å²) in [4.78, 5) is 19.0. The van der Waals surface area contributed by atoms with Crippen LogP contribution in [0.2, 0.25) is 0 Å². The van der Waals surface area contributed by atoms with Crippen LogP contribution in [0.5, 0.6) is 5.75 Å². The minimum atomic E-state index is -2.80. The number of hydrogen-bond donors (Lipinski definition) is 3. The third-order valence-electron chi connectivity index (χ3n) is 5.97. The first-order valence-corrected chi connectivity index (χ1v) is 12.7. The molecule has 10 nitrogen and oxygen atoms in total. The van der Waals surface area contributed by atoms with Crippen molar-refractivity contribution in [2.45, 2.75) is 37.9 Å².